The zero-order valence-corrected chi connectivity index (χ0v) is 13.7. The molecule has 0 atom stereocenters. The third kappa shape index (κ3) is 2.52. The average Bonchev–Trinajstić information content (AvgIpc) is 2.53. The molecule has 0 amide bonds. The van der Waals surface area contributed by atoms with E-state index in [2.05, 4.69) is 9.97 Å². The van der Waals surface area contributed by atoms with Crippen molar-refractivity contribution in [2.75, 3.05) is 0 Å². The maximum atomic E-state index is 12.9. The fraction of sp³-hybridized carbons (Fsp3) is 0.235. The number of pyridine rings is 1. The highest BCUT2D eigenvalue weighted by Crippen LogP contribution is 2.24. The lowest BCUT2D eigenvalue weighted by Gasteiger charge is -2.16. The molecule has 1 aliphatic carbocycles. The Morgan fingerprint density at radius 2 is 1.87 bits per heavy atom. The fourth-order valence-corrected chi connectivity index (χ4v) is 3.48. The van der Waals surface area contributed by atoms with Crippen LogP contribution < -0.4 is 5.56 Å². The summed E-state index contributed by atoms with van der Waals surface area (Å²) in [6, 6.07) is 8.91. The molecule has 4 nitrogen and oxygen atoms in total. The van der Waals surface area contributed by atoms with Crippen LogP contribution in [0.4, 0.5) is 0 Å². The predicted molar refractivity (Wildman–Crippen MR) is 91.8 cm³/mol. The van der Waals surface area contributed by atoms with Gasteiger partial charge in [-0.1, -0.05) is 17.7 Å². The molecule has 0 saturated heterocycles. The molecular formula is C17H13Cl2N3O. The summed E-state index contributed by atoms with van der Waals surface area (Å²) in [6.07, 6.45) is 4.14. The van der Waals surface area contributed by atoms with Crippen LogP contribution in [0.25, 0.3) is 16.7 Å². The molecule has 2 heterocycles. The minimum atomic E-state index is -0.219. The molecular weight excluding hydrogens is 333 g/mol. The van der Waals surface area contributed by atoms with Gasteiger partial charge in [-0.3, -0.25) is 9.36 Å². The fourth-order valence-electron chi connectivity index (χ4n) is 3.05. The Morgan fingerprint density at radius 3 is 2.70 bits per heavy atom. The summed E-state index contributed by atoms with van der Waals surface area (Å²) < 4.78 is 1.37. The predicted octanol–water partition coefficient (Wildman–Crippen LogP) is 3.97. The van der Waals surface area contributed by atoms with Crippen LogP contribution in [-0.2, 0) is 12.8 Å². The summed E-state index contributed by atoms with van der Waals surface area (Å²) in [5, 5.41) is 1.12. The second-order valence-electron chi connectivity index (χ2n) is 5.67. The van der Waals surface area contributed by atoms with Crippen molar-refractivity contribution in [1.82, 2.24) is 14.5 Å². The van der Waals surface area contributed by atoms with E-state index in [1.54, 1.807) is 24.3 Å². The molecule has 0 N–H and O–H groups in total. The molecule has 0 unspecified atom stereocenters. The Morgan fingerprint density at radius 1 is 1.04 bits per heavy atom. The van der Waals surface area contributed by atoms with Crippen LogP contribution in [0.15, 0.2) is 35.1 Å². The molecule has 116 valence electrons. The third-order valence-electron chi connectivity index (χ3n) is 4.16. The lowest BCUT2D eigenvalue weighted by Crippen LogP contribution is -2.22. The van der Waals surface area contributed by atoms with Crippen LogP contribution in [0, 0.1) is 0 Å². The lowest BCUT2D eigenvalue weighted by molar-refractivity contribution is 0.670. The first-order chi connectivity index (χ1) is 11.1. The van der Waals surface area contributed by atoms with Crippen molar-refractivity contribution in [3.63, 3.8) is 0 Å². The quantitative estimate of drug-likeness (QED) is 0.627. The highest BCUT2D eigenvalue weighted by atomic mass is 35.5. The Bertz CT molecular complexity index is 981. The number of fused-ring (bicyclic) bond motifs is 2. The van der Waals surface area contributed by atoms with E-state index in [9.17, 15) is 4.79 Å². The number of aromatic nitrogens is 3. The zero-order valence-electron chi connectivity index (χ0n) is 12.2. The molecule has 0 saturated carbocycles. The summed E-state index contributed by atoms with van der Waals surface area (Å²) in [7, 11) is 0. The molecule has 0 fully saturated rings. The van der Waals surface area contributed by atoms with Gasteiger partial charge in [-0.05, 0) is 67.1 Å². The van der Waals surface area contributed by atoms with E-state index < -0.39 is 0 Å². The molecule has 23 heavy (non-hydrogen) atoms. The van der Waals surface area contributed by atoms with Gasteiger partial charge in [-0.15, -0.1) is 0 Å². The van der Waals surface area contributed by atoms with Gasteiger partial charge in [-0.25, -0.2) is 4.98 Å². The number of halogens is 2. The van der Waals surface area contributed by atoms with Crippen molar-refractivity contribution in [1.29, 1.82) is 0 Å². The molecule has 1 aliphatic rings. The summed E-state index contributed by atoms with van der Waals surface area (Å²) in [5.74, 6) is 0. The molecule has 6 heteroatoms. The Kier molecular flexibility index (Phi) is 3.58. The van der Waals surface area contributed by atoms with Gasteiger partial charge in [0.2, 0.25) is 5.28 Å². The molecule has 3 aromatic rings. The highest BCUT2D eigenvalue weighted by molar-refractivity contribution is 6.31. The van der Waals surface area contributed by atoms with E-state index >= 15 is 0 Å². The smallest absolute Gasteiger partial charge is 0.268 e. The van der Waals surface area contributed by atoms with E-state index in [4.69, 9.17) is 23.2 Å². The second kappa shape index (κ2) is 5.62. The van der Waals surface area contributed by atoms with Crippen molar-refractivity contribution in [2.45, 2.75) is 25.7 Å². The maximum Gasteiger partial charge on any atom is 0.268 e. The van der Waals surface area contributed by atoms with Gasteiger partial charge in [0.1, 0.15) is 0 Å². The Balaban J connectivity index is 2.01. The average molecular weight is 346 g/mol. The number of hydrogen-bond donors (Lipinski definition) is 0. The van der Waals surface area contributed by atoms with Crippen LogP contribution in [0.3, 0.4) is 0 Å². The van der Waals surface area contributed by atoms with Gasteiger partial charge < -0.3 is 0 Å². The zero-order chi connectivity index (χ0) is 16.0. The van der Waals surface area contributed by atoms with E-state index in [-0.39, 0.29) is 10.8 Å². The lowest BCUT2D eigenvalue weighted by atomic mass is 9.95. The first-order valence-corrected chi connectivity index (χ1v) is 8.26. The molecule has 4 rings (SSSR count). The summed E-state index contributed by atoms with van der Waals surface area (Å²) in [4.78, 5) is 21.8. The molecule has 0 bridgehead atoms. The minimum absolute atomic E-state index is 0.0908. The third-order valence-corrected chi connectivity index (χ3v) is 4.65. The number of hydrogen-bond acceptors (Lipinski definition) is 3. The Labute approximate surface area is 142 Å². The van der Waals surface area contributed by atoms with Crippen LogP contribution in [0.2, 0.25) is 10.3 Å². The van der Waals surface area contributed by atoms with Crippen molar-refractivity contribution < 1.29 is 0 Å². The van der Waals surface area contributed by atoms with Crippen molar-refractivity contribution >= 4 is 34.2 Å². The van der Waals surface area contributed by atoms with E-state index in [0.29, 0.717) is 21.7 Å². The number of rotatable bonds is 1. The summed E-state index contributed by atoms with van der Waals surface area (Å²) in [5.41, 5.74) is 2.97. The number of nitrogens with zero attached hydrogens (tertiary/aromatic N) is 3. The molecule has 0 radical (unpaired) electrons. The summed E-state index contributed by atoms with van der Waals surface area (Å²) in [6.45, 7) is 0. The largest absolute Gasteiger partial charge is 0.268 e. The molecule has 1 aromatic carbocycles. The van der Waals surface area contributed by atoms with Gasteiger partial charge in [0, 0.05) is 10.7 Å². The van der Waals surface area contributed by atoms with Crippen molar-refractivity contribution in [2.24, 2.45) is 0 Å². The van der Waals surface area contributed by atoms with Crippen LogP contribution in [0.1, 0.15) is 24.1 Å². The second-order valence-corrected chi connectivity index (χ2v) is 6.45. The van der Waals surface area contributed by atoms with E-state index in [1.807, 2.05) is 6.07 Å². The molecule has 0 spiro atoms. The van der Waals surface area contributed by atoms with Gasteiger partial charge in [0.15, 0.2) is 5.65 Å². The number of aryl methyl sites for hydroxylation is 2. The number of benzene rings is 1. The first-order valence-electron chi connectivity index (χ1n) is 7.50. The SMILES string of the molecule is O=c1c2cc3c(nc2nc(Cl)n1-c1cccc(Cl)c1)CCCC3. The van der Waals surface area contributed by atoms with Crippen molar-refractivity contribution in [3.05, 3.63) is 62.2 Å². The van der Waals surface area contributed by atoms with Crippen molar-refractivity contribution in [3.8, 4) is 5.69 Å². The molecule has 0 aliphatic heterocycles. The maximum absolute atomic E-state index is 12.9. The minimum Gasteiger partial charge on any atom is -0.268 e. The van der Waals surface area contributed by atoms with Crippen LogP contribution in [-0.4, -0.2) is 14.5 Å². The summed E-state index contributed by atoms with van der Waals surface area (Å²) >= 11 is 12.3. The Hall–Kier alpha value is -1.91. The van der Waals surface area contributed by atoms with E-state index in [1.165, 1.54) is 4.57 Å². The topological polar surface area (TPSA) is 47.8 Å². The first kappa shape index (κ1) is 14.7. The van der Waals surface area contributed by atoms with Crippen LogP contribution >= 0.6 is 23.2 Å². The van der Waals surface area contributed by atoms with Gasteiger partial charge in [-0.2, -0.15) is 4.98 Å². The normalized spacial score (nSPS) is 14.0. The standard InChI is InChI=1S/C17H13Cl2N3O/c18-11-5-3-6-12(9-11)22-16(23)13-8-10-4-1-2-7-14(10)20-15(13)21-17(22)19/h3,5-6,8-9H,1-2,4,7H2. The van der Waals surface area contributed by atoms with Gasteiger partial charge >= 0.3 is 0 Å². The van der Waals surface area contributed by atoms with Gasteiger partial charge in [0.25, 0.3) is 5.56 Å². The van der Waals surface area contributed by atoms with Gasteiger partial charge in [0.05, 0.1) is 11.1 Å². The molecule has 2 aromatic heterocycles. The van der Waals surface area contributed by atoms with E-state index in [0.717, 1.165) is 36.9 Å². The van der Waals surface area contributed by atoms with Crippen LogP contribution in [0.5, 0.6) is 0 Å². The highest BCUT2D eigenvalue weighted by Gasteiger charge is 2.17. The monoisotopic (exact) mass is 345 g/mol.